The van der Waals surface area contributed by atoms with E-state index in [2.05, 4.69) is 0 Å². The Kier molecular flexibility index (Phi) is 3.99. The molecule has 1 saturated carbocycles. The highest BCUT2D eigenvalue weighted by Crippen LogP contribution is 2.25. The van der Waals surface area contributed by atoms with Gasteiger partial charge in [0.2, 0.25) is 0 Å². The molecule has 0 unspecified atom stereocenters. The van der Waals surface area contributed by atoms with Gasteiger partial charge in [-0.3, -0.25) is 0 Å². The zero-order chi connectivity index (χ0) is 12.8. The van der Waals surface area contributed by atoms with Gasteiger partial charge in [-0.25, -0.2) is 0 Å². The lowest BCUT2D eigenvalue weighted by atomic mass is 10.1. The molecule has 90 valence electrons. The molecule has 2 rings (SSSR count). The first kappa shape index (κ1) is 12.2. The van der Waals surface area contributed by atoms with Gasteiger partial charge in [0.05, 0.1) is 6.10 Å². The maximum atomic E-state index is 8.71. The molecule has 0 amide bonds. The fourth-order valence-electron chi connectivity index (χ4n) is 2.13. The molecule has 0 atom stereocenters. The van der Waals surface area contributed by atoms with Gasteiger partial charge in [-0.2, -0.15) is 10.5 Å². The molecule has 0 aliphatic heterocycles. The van der Waals surface area contributed by atoms with Gasteiger partial charge in [0, 0.05) is 0 Å². The van der Waals surface area contributed by atoms with E-state index in [0.29, 0.717) is 6.10 Å². The summed E-state index contributed by atoms with van der Waals surface area (Å²) in [5.74, 6) is 0.811. The lowest BCUT2D eigenvalue weighted by Crippen LogP contribution is -2.10. The number of hydrogen-bond acceptors (Lipinski definition) is 3. The molecular weight excluding hydrogens is 224 g/mol. The Morgan fingerprint density at radius 3 is 2.61 bits per heavy atom. The molecule has 1 fully saturated rings. The number of nitriles is 2. The third kappa shape index (κ3) is 3.12. The first-order valence-corrected chi connectivity index (χ1v) is 6.10. The van der Waals surface area contributed by atoms with Crippen molar-refractivity contribution in [2.45, 2.75) is 31.8 Å². The summed E-state index contributed by atoms with van der Waals surface area (Å²) >= 11 is 0. The van der Waals surface area contributed by atoms with E-state index in [-0.39, 0.29) is 5.57 Å². The molecule has 1 aromatic rings. The van der Waals surface area contributed by atoms with E-state index in [1.165, 1.54) is 12.8 Å². The Morgan fingerprint density at radius 1 is 1.22 bits per heavy atom. The van der Waals surface area contributed by atoms with Crippen LogP contribution < -0.4 is 4.74 Å². The minimum absolute atomic E-state index is 0.105. The summed E-state index contributed by atoms with van der Waals surface area (Å²) in [6.07, 6.45) is 6.58. The van der Waals surface area contributed by atoms with Gasteiger partial charge in [0.1, 0.15) is 23.5 Å². The van der Waals surface area contributed by atoms with Gasteiger partial charge in [-0.15, -0.1) is 0 Å². The van der Waals surface area contributed by atoms with E-state index in [1.54, 1.807) is 6.08 Å². The smallest absolute Gasteiger partial charge is 0.130 e. The zero-order valence-electron chi connectivity index (χ0n) is 10.1. The number of benzene rings is 1. The average molecular weight is 238 g/mol. The van der Waals surface area contributed by atoms with E-state index in [9.17, 15) is 0 Å². The highest BCUT2D eigenvalue weighted by Gasteiger charge is 2.16. The van der Waals surface area contributed by atoms with Crippen molar-refractivity contribution >= 4 is 6.08 Å². The molecule has 0 N–H and O–H groups in total. The van der Waals surface area contributed by atoms with Crippen LogP contribution in [-0.4, -0.2) is 6.10 Å². The summed E-state index contributed by atoms with van der Waals surface area (Å²) < 4.78 is 5.87. The maximum Gasteiger partial charge on any atom is 0.130 e. The number of hydrogen-bond donors (Lipinski definition) is 0. The molecule has 0 saturated heterocycles. The molecule has 0 radical (unpaired) electrons. The van der Waals surface area contributed by atoms with Crippen molar-refractivity contribution in [3.63, 3.8) is 0 Å². The number of rotatable bonds is 3. The van der Waals surface area contributed by atoms with E-state index < -0.39 is 0 Å². The average Bonchev–Trinajstić information content (AvgIpc) is 2.89. The van der Waals surface area contributed by atoms with Crippen LogP contribution in [0.1, 0.15) is 31.2 Å². The van der Waals surface area contributed by atoms with Crippen LogP contribution in [0.3, 0.4) is 0 Å². The van der Waals surface area contributed by atoms with Crippen molar-refractivity contribution in [3.8, 4) is 17.9 Å². The van der Waals surface area contributed by atoms with Gasteiger partial charge < -0.3 is 4.74 Å². The Bertz CT molecular complexity index is 512. The van der Waals surface area contributed by atoms with Crippen LogP contribution >= 0.6 is 0 Å². The molecule has 0 bridgehead atoms. The van der Waals surface area contributed by atoms with Crippen LogP contribution in [0.25, 0.3) is 6.08 Å². The summed E-state index contributed by atoms with van der Waals surface area (Å²) in [6.45, 7) is 0. The second-order valence-electron chi connectivity index (χ2n) is 4.38. The molecule has 3 nitrogen and oxygen atoms in total. The monoisotopic (exact) mass is 238 g/mol. The topological polar surface area (TPSA) is 56.8 Å². The number of ether oxygens (including phenoxy) is 1. The van der Waals surface area contributed by atoms with Crippen molar-refractivity contribution in [1.29, 1.82) is 10.5 Å². The summed E-state index contributed by atoms with van der Waals surface area (Å²) in [5.41, 5.74) is 0.927. The molecule has 1 aromatic carbocycles. The second-order valence-corrected chi connectivity index (χ2v) is 4.38. The first-order chi connectivity index (χ1) is 8.81. The van der Waals surface area contributed by atoms with Crippen LogP contribution in [0.2, 0.25) is 0 Å². The van der Waals surface area contributed by atoms with Crippen molar-refractivity contribution in [2.75, 3.05) is 0 Å². The van der Waals surface area contributed by atoms with E-state index in [4.69, 9.17) is 15.3 Å². The lowest BCUT2D eigenvalue weighted by Gasteiger charge is -2.13. The molecule has 0 aromatic heterocycles. The van der Waals surface area contributed by atoms with Gasteiger partial charge >= 0.3 is 0 Å². The maximum absolute atomic E-state index is 8.71. The Morgan fingerprint density at radius 2 is 1.94 bits per heavy atom. The van der Waals surface area contributed by atoms with Gasteiger partial charge in [-0.1, -0.05) is 12.1 Å². The van der Waals surface area contributed by atoms with Gasteiger partial charge in [-0.05, 0) is 49.5 Å². The first-order valence-electron chi connectivity index (χ1n) is 6.10. The normalized spacial score (nSPS) is 14.6. The predicted molar refractivity (Wildman–Crippen MR) is 68.5 cm³/mol. The summed E-state index contributed by atoms with van der Waals surface area (Å²) in [7, 11) is 0. The van der Waals surface area contributed by atoms with Crippen molar-refractivity contribution in [1.82, 2.24) is 0 Å². The Balaban J connectivity index is 2.12. The third-order valence-corrected chi connectivity index (χ3v) is 3.01. The van der Waals surface area contributed by atoms with Crippen molar-refractivity contribution < 1.29 is 4.74 Å². The molecule has 0 heterocycles. The highest BCUT2D eigenvalue weighted by molar-refractivity contribution is 5.62. The fraction of sp³-hybridized carbons (Fsp3) is 0.333. The molecular formula is C15H14N2O. The largest absolute Gasteiger partial charge is 0.490 e. The van der Waals surface area contributed by atoms with E-state index >= 15 is 0 Å². The lowest BCUT2D eigenvalue weighted by molar-refractivity contribution is 0.210. The quantitative estimate of drug-likeness (QED) is 0.758. The zero-order valence-corrected chi connectivity index (χ0v) is 10.1. The summed E-state index contributed by atoms with van der Waals surface area (Å²) in [6, 6.07) is 11.2. The van der Waals surface area contributed by atoms with Gasteiger partial charge in [0.25, 0.3) is 0 Å². The molecule has 1 aliphatic carbocycles. The predicted octanol–water partition coefficient (Wildman–Crippen LogP) is 3.44. The number of allylic oxidation sites excluding steroid dienone is 1. The van der Waals surface area contributed by atoms with Crippen LogP contribution in [-0.2, 0) is 0 Å². The SMILES string of the molecule is N#CC(C#N)=Cc1cccc(OC2CCCC2)c1. The van der Waals surface area contributed by atoms with Crippen LogP contribution in [0.4, 0.5) is 0 Å². The Labute approximate surface area is 107 Å². The third-order valence-electron chi connectivity index (χ3n) is 3.01. The summed E-state index contributed by atoms with van der Waals surface area (Å²) in [5, 5.41) is 17.4. The minimum atomic E-state index is 0.105. The Hall–Kier alpha value is -2.26. The number of nitrogens with zero attached hydrogens (tertiary/aromatic N) is 2. The molecule has 1 aliphatic rings. The van der Waals surface area contributed by atoms with E-state index in [0.717, 1.165) is 24.2 Å². The molecule has 18 heavy (non-hydrogen) atoms. The van der Waals surface area contributed by atoms with Crippen LogP contribution in [0.5, 0.6) is 5.75 Å². The van der Waals surface area contributed by atoms with Crippen molar-refractivity contribution in [3.05, 3.63) is 35.4 Å². The fourth-order valence-corrected chi connectivity index (χ4v) is 2.13. The van der Waals surface area contributed by atoms with E-state index in [1.807, 2.05) is 36.4 Å². The molecule has 3 heteroatoms. The second kappa shape index (κ2) is 5.89. The minimum Gasteiger partial charge on any atom is -0.490 e. The highest BCUT2D eigenvalue weighted by atomic mass is 16.5. The molecule has 0 spiro atoms. The van der Waals surface area contributed by atoms with Gasteiger partial charge in [0.15, 0.2) is 0 Å². The summed E-state index contributed by atoms with van der Waals surface area (Å²) in [4.78, 5) is 0. The van der Waals surface area contributed by atoms with Crippen LogP contribution in [0, 0.1) is 22.7 Å². The standard InChI is InChI=1S/C15H14N2O/c16-10-13(11-17)8-12-4-3-7-15(9-12)18-14-5-1-2-6-14/h3-4,7-9,14H,1-2,5-6H2. The van der Waals surface area contributed by atoms with Crippen molar-refractivity contribution in [2.24, 2.45) is 0 Å². The van der Waals surface area contributed by atoms with Crippen LogP contribution in [0.15, 0.2) is 29.8 Å².